The molecule has 0 spiro atoms. The zero-order valence-electron chi connectivity index (χ0n) is 10.3. The Balaban J connectivity index is 2.64. The summed E-state index contributed by atoms with van der Waals surface area (Å²) in [5.74, 6) is 1.88. The van der Waals surface area contributed by atoms with Crippen LogP contribution in [-0.4, -0.2) is 12.3 Å². The first-order chi connectivity index (χ1) is 8.17. The highest BCUT2D eigenvalue weighted by atomic mass is 16.5. The van der Waals surface area contributed by atoms with Gasteiger partial charge >= 0.3 is 0 Å². The minimum atomic E-state index is 0.397. The van der Waals surface area contributed by atoms with E-state index in [9.17, 15) is 0 Å². The molecule has 0 aliphatic rings. The van der Waals surface area contributed by atoms with Crippen LogP contribution < -0.4 is 10.5 Å². The van der Waals surface area contributed by atoms with Crippen molar-refractivity contribution in [2.45, 2.75) is 20.3 Å². The van der Waals surface area contributed by atoms with Crippen LogP contribution >= 0.6 is 0 Å². The molecule has 2 rings (SSSR count). The van der Waals surface area contributed by atoms with E-state index in [1.54, 1.807) is 7.11 Å². The summed E-state index contributed by atoms with van der Waals surface area (Å²) < 4.78 is 10.4. The summed E-state index contributed by atoms with van der Waals surface area (Å²) in [7, 11) is 1.64. The summed E-state index contributed by atoms with van der Waals surface area (Å²) in [6.45, 7) is 3.95. The zero-order valence-corrected chi connectivity index (χ0v) is 10.3. The number of rotatable bonds is 3. The van der Waals surface area contributed by atoms with Crippen molar-refractivity contribution >= 4 is 5.82 Å². The van der Waals surface area contributed by atoms with E-state index in [4.69, 9.17) is 15.0 Å². The number of methoxy groups -OCH3 is 1. The number of aryl methyl sites for hydroxylation is 2. The summed E-state index contributed by atoms with van der Waals surface area (Å²) in [6, 6.07) is 6.05. The van der Waals surface area contributed by atoms with E-state index in [1.807, 2.05) is 19.1 Å². The maximum Gasteiger partial charge on any atom is 0.175 e. The lowest BCUT2D eigenvalue weighted by Crippen LogP contribution is -1.94. The van der Waals surface area contributed by atoms with E-state index >= 15 is 0 Å². The lowest BCUT2D eigenvalue weighted by atomic mass is 10.0. The monoisotopic (exact) mass is 232 g/mol. The Labute approximate surface area is 100 Å². The van der Waals surface area contributed by atoms with E-state index in [2.05, 4.69) is 18.1 Å². The Morgan fingerprint density at radius 3 is 2.71 bits per heavy atom. The first-order valence-electron chi connectivity index (χ1n) is 5.56. The number of benzene rings is 1. The van der Waals surface area contributed by atoms with Gasteiger partial charge in [-0.15, -0.1) is 0 Å². The largest absolute Gasteiger partial charge is 0.496 e. The first kappa shape index (κ1) is 11.5. The number of ether oxygens (including phenoxy) is 1. The second kappa shape index (κ2) is 4.49. The van der Waals surface area contributed by atoms with Crippen LogP contribution in [0, 0.1) is 6.92 Å². The maximum atomic E-state index is 5.83. The Morgan fingerprint density at radius 2 is 2.18 bits per heavy atom. The lowest BCUT2D eigenvalue weighted by Gasteiger charge is -2.09. The molecule has 0 aliphatic heterocycles. The number of anilines is 1. The fraction of sp³-hybridized carbons (Fsp3) is 0.308. The van der Waals surface area contributed by atoms with E-state index in [0.717, 1.165) is 23.3 Å². The fourth-order valence-corrected chi connectivity index (χ4v) is 1.89. The molecule has 1 aromatic heterocycles. The zero-order chi connectivity index (χ0) is 12.4. The van der Waals surface area contributed by atoms with Crippen LogP contribution in [0.15, 0.2) is 22.7 Å². The standard InChI is InChI=1S/C13H16N2O2/c1-4-9-5-6-11(16-3)10(7-9)12-8(2)17-15-13(12)14/h5-7H,4H2,1-3H3,(H2,14,15). The van der Waals surface area contributed by atoms with E-state index in [1.165, 1.54) is 5.56 Å². The third-order valence-electron chi connectivity index (χ3n) is 2.83. The third-order valence-corrected chi connectivity index (χ3v) is 2.83. The first-order valence-corrected chi connectivity index (χ1v) is 5.56. The molecule has 0 bridgehead atoms. The van der Waals surface area contributed by atoms with E-state index < -0.39 is 0 Å². The van der Waals surface area contributed by atoms with Gasteiger partial charge in [-0.25, -0.2) is 0 Å². The number of aromatic nitrogens is 1. The van der Waals surface area contributed by atoms with Crippen LogP contribution in [0.25, 0.3) is 11.1 Å². The van der Waals surface area contributed by atoms with Crippen molar-refractivity contribution in [1.29, 1.82) is 0 Å². The summed E-state index contributed by atoms with van der Waals surface area (Å²) in [5.41, 5.74) is 8.80. The SMILES string of the molecule is CCc1ccc(OC)c(-c2c(N)noc2C)c1. The third kappa shape index (κ3) is 1.98. The quantitative estimate of drug-likeness (QED) is 0.883. The lowest BCUT2D eigenvalue weighted by molar-refractivity contribution is 0.400. The van der Waals surface area contributed by atoms with Crippen molar-refractivity contribution in [3.8, 4) is 16.9 Å². The Morgan fingerprint density at radius 1 is 1.41 bits per heavy atom. The second-order valence-corrected chi connectivity index (χ2v) is 3.89. The minimum Gasteiger partial charge on any atom is -0.496 e. The van der Waals surface area contributed by atoms with Crippen molar-refractivity contribution in [2.75, 3.05) is 12.8 Å². The average Bonchev–Trinajstić information content (AvgIpc) is 2.68. The predicted octanol–water partition coefficient (Wildman–Crippen LogP) is 2.80. The van der Waals surface area contributed by atoms with Crippen LogP contribution in [0.2, 0.25) is 0 Å². The second-order valence-electron chi connectivity index (χ2n) is 3.89. The molecule has 0 radical (unpaired) electrons. The highest BCUT2D eigenvalue weighted by molar-refractivity contribution is 5.80. The highest BCUT2D eigenvalue weighted by Gasteiger charge is 2.16. The van der Waals surface area contributed by atoms with Gasteiger partial charge in [-0.2, -0.15) is 0 Å². The topological polar surface area (TPSA) is 61.3 Å². The van der Waals surface area contributed by atoms with Crippen LogP contribution in [-0.2, 0) is 6.42 Å². The van der Waals surface area contributed by atoms with Gasteiger partial charge in [0.1, 0.15) is 11.5 Å². The number of hydrogen-bond donors (Lipinski definition) is 1. The molecule has 0 saturated carbocycles. The van der Waals surface area contributed by atoms with Crippen molar-refractivity contribution in [2.24, 2.45) is 0 Å². The number of hydrogen-bond acceptors (Lipinski definition) is 4. The van der Waals surface area contributed by atoms with Crippen molar-refractivity contribution < 1.29 is 9.26 Å². The van der Waals surface area contributed by atoms with E-state index in [-0.39, 0.29) is 0 Å². The molecule has 90 valence electrons. The smallest absolute Gasteiger partial charge is 0.175 e. The molecule has 0 aliphatic carbocycles. The molecule has 2 aromatic rings. The number of nitrogens with zero attached hydrogens (tertiary/aromatic N) is 1. The molecule has 0 unspecified atom stereocenters. The molecule has 1 heterocycles. The van der Waals surface area contributed by atoms with Crippen LogP contribution in [0.1, 0.15) is 18.2 Å². The molecular weight excluding hydrogens is 216 g/mol. The normalized spacial score (nSPS) is 10.5. The van der Waals surface area contributed by atoms with Gasteiger partial charge in [0.05, 0.1) is 12.7 Å². The van der Waals surface area contributed by atoms with Gasteiger partial charge in [-0.3, -0.25) is 0 Å². The van der Waals surface area contributed by atoms with Gasteiger partial charge in [-0.05, 0) is 31.0 Å². The Kier molecular flexibility index (Phi) is 3.04. The molecule has 0 saturated heterocycles. The maximum absolute atomic E-state index is 5.83. The summed E-state index contributed by atoms with van der Waals surface area (Å²) in [5, 5.41) is 3.77. The molecule has 4 heteroatoms. The summed E-state index contributed by atoms with van der Waals surface area (Å²) in [6.07, 6.45) is 0.960. The van der Waals surface area contributed by atoms with Gasteiger partial charge in [-0.1, -0.05) is 18.1 Å². The molecule has 0 atom stereocenters. The van der Waals surface area contributed by atoms with Crippen LogP contribution in [0.3, 0.4) is 0 Å². The van der Waals surface area contributed by atoms with Crippen molar-refractivity contribution in [3.05, 3.63) is 29.5 Å². The fourth-order valence-electron chi connectivity index (χ4n) is 1.89. The molecule has 1 aromatic carbocycles. The molecule has 2 N–H and O–H groups in total. The van der Waals surface area contributed by atoms with Crippen LogP contribution in [0.4, 0.5) is 5.82 Å². The molecule has 17 heavy (non-hydrogen) atoms. The van der Waals surface area contributed by atoms with Gasteiger partial charge in [0.2, 0.25) is 0 Å². The Bertz CT molecular complexity index is 513. The van der Waals surface area contributed by atoms with E-state index in [0.29, 0.717) is 11.6 Å². The molecule has 0 amide bonds. The van der Waals surface area contributed by atoms with Gasteiger partial charge in [0.25, 0.3) is 0 Å². The number of nitrogens with two attached hydrogens (primary N) is 1. The summed E-state index contributed by atoms with van der Waals surface area (Å²) >= 11 is 0. The average molecular weight is 232 g/mol. The molecule has 4 nitrogen and oxygen atoms in total. The van der Waals surface area contributed by atoms with Crippen LogP contribution in [0.5, 0.6) is 5.75 Å². The van der Waals surface area contributed by atoms with Crippen molar-refractivity contribution in [3.63, 3.8) is 0 Å². The highest BCUT2D eigenvalue weighted by Crippen LogP contribution is 2.36. The van der Waals surface area contributed by atoms with Crippen molar-refractivity contribution in [1.82, 2.24) is 5.16 Å². The Hall–Kier alpha value is -1.97. The predicted molar refractivity (Wildman–Crippen MR) is 67.0 cm³/mol. The molecular formula is C13H16N2O2. The van der Waals surface area contributed by atoms with Gasteiger partial charge < -0.3 is 15.0 Å². The van der Waals surface area contributed by atoms with Gasteiger partial charge in [0, 0.05) is 5.56 Å². The minimum absolute atomic E-state index is 0.397. The summed E-state index contributed by atoms with van der Waals surface area (Å²) in [4.78, 5) is 0. The van der Waals surface area contributed by atoms with Gasteiger partial charge in [0.15, 0.2) is 5.82 Å². The molecule has 0 fully saturated rings. The number of nitrogen functional groups attached to an aromatic ring is 1.